The average molecular weight is 356 g/mol. The highest BCUT2D eigenvalue weighted by molar-refractivity contribution is 5.48. The minimum absolute atomic E-state index is 0.258. The molecule has 3 rings (SSSR count). The molecule has 0 heterocycles. The van der Waals surface area contributed by atoms with Crippen LogP contribution in [0.3, 0.4) is 0 Å². The molecule has 2 heteroatoms. The Balaban J connectivity index is 1.75. The van der Waals surface area contributed by atoms with Crippen molar-refractivity contribution in [3.8, 4) is 23.7 Å². The van der Waals surface area contributed by atoms with Crippen LogP contribution in [0.15, 0.2) is 60.7 Å². The first-order valence-corrected chi connectivity index (χ1v) is 8.74. The van der Waals surface area contributed by atoms with E-state index in [1.54, 1.807) is 25.1 Å². The maximum atomic E-state index is 14.0. The molecule has 0 nitrogen and oxygen atoms in total. The number of hydrogen-bond acceptors (Lipinski definition) is 0. The van der Waals surface area contributed by atoms with Crippen molar-refractivity contribution in [2.24, 2.45) is 0 Å². The van der Waals surface area contributed by atoms with Gasteiger partial charge >= 0.3 is 0 Å². The van der Waals surface area contributed by atoms with Crippen LogP contribution >= 0.6 is 0 Å². The van der Waals surface area contributed by atoms with E-state index >= 15 is 0 Å². The molecule has 0 saturated heterocycles. The maximum Gasteiger partial charge on any atom is 0.139 e. The number of rotatable bonds is 1. The fourth-order valence-corrected chi connectivity index (χ4v) is 2.47. The standard InChI is InChI=1S/C25H18F2/c1-3-19-12-14-23(25(27)16-19)15-13-21-8-6-20(7-9-21)10-11-22-5-4-18(2)24(26)17-22/h4-9,12,14,16-17H,3H2,1-2H3. The first-order chi connectivity index (χ1) is 13.0. The lowest BCUT2D eigenvalue weighted by atomic mass is 10.1. The summed E-state index contributed by atoms with van der Waals surface area (Å²) in [7, 11) is 0. The van der Waals surface area contributed by atoms with E-state index in [0.29, 0.717) is 16.7 Å². The molecule has 0 atom stereocenters. The molecule has 0 fully saturated rings. The predicted octanol–water partition coefficient (Wildman–Crippen LogP) is 5.64. The van der Waals surface area contributed by atoms with E-state index in [0.717, 1.165) is 23.1 Å². The van der Waals surface area contributed by atoms with Gasteiger partial charge in [-0.1, -0.05) is 42.7 Å². The minimum atomic E-state index is -0.297. The van der Waals surface area contributed by atoms with Crippen LogP contribution in [-0.2, 0) is 6.42 Å². The van der Waals surface area contributed by atoms with Gasteiger partial charge in [0.15, 0.2) is 0 Å². The smallest absolute Gasteiger partial charge is 0.139 e. The molecule has 0 saturated carbocycles. The Kier molecular flexibility index (Phi) is 5.70. The van der Waals surface area contributed by atoms with Crippen LogP contribution in [0.4, 0.5) is 8.78 Å². The summed E-state index contributed by atoms with van der Waals surface area (Å²) in [5.41, 5.74) is 4.16. The van der Waals surface area contributed by atoms with Crippen LogP contribution in [0, 0.1) is 42.2 Å². The van der Waals surface area contributed by atoms with Gasteiger partial charge in [0.1, 0.15) is 11.6 Å². The maximum absolute atomic E-state index is 14.0. The zero-order valence-corrected chi connectivity index (χ0v) is 15.2. The summed E-state index contributed by atoms with van der Waals surface area (Å²) in [6.45, 7) is 3.70. The Morgan fingerprint density at radius 3 is 1.85 bits per heavy atom. The molecule has 0 aliphatic heterocycles. The third-order valence-corrected chi connectivity index (χ3v) is 4.19. The van der Waals surface area contributed by atoms with Crippen molar-refractivity contribution in [1.29, 1.82) is 0 Å². The number of halogens is 2. The minimum Gasteiger partial charge on any atom is -0.207 e. The molecule has 27 heavy (non-hydrogen) atoms. The summed E-state index contributed by atoms with van der Waals surface area (Å²) in [4.78, 5) is 0. The Morgan fingerprint density at radius 1 is 0.667 bits per heavy atom. The van der Waals surface area contributed by atoms with Gasteiger partial charge in [0.25, 0.3) is 0 Å². The second-order valence-corrected chi connectivity index (χ2v) is 6.21. The normalized spacial score (nSPS) is 9.78. The molecular weight excluding hydrogens is 338 g/mol. The fourth-order valence-electron chi connectivity index (χ4n) is 2.47. The zero-order valence-electron chi connectivity index (χ0n) is 15.2. The first-order valence-electron chi connectivity index (χ1n) is 8.74. The Labute approximate surface area is 158 Å². The van der Waals surface area contributed by atoms with E-state index in [1.165, 1.54) is 12.1 Å². The molecule has 0 aliphatic rings. The van der Waals surface area contributed by atoms with Gasteiger partial charge in [-0.2, -0.15) is 0 Å². The molecule has 0 N–H and O–H groups in total. The molecule has 132 valence electrons. The van der Waals surface area contributed by atoms with Gasteiger partial charge in [-0.15, -0.1) is 0 Å². The molecule has 3 aromatic rings. The molecule has 0 amide bonds. The van der Waals surface area contributed by atoms with Crippen molar-refractivity contribution in [3.63, 3.8) is 0 Å². The van der Waals surface area contributed by atoms with Gasteiger partial charge in [-0.05, 0) is 73.0 Å². The summed E-state index contributed by atoms with van der Waals surface area (Å²) in [6.07, 6.45) is 0.794. The van der Waals surface area contributed by atoms with Crippen LogP contribution in [0.1, 0.15) is 40.3 Å². The zero-order chi connectivity index (χ0) is 19.2. The van der Waals surface area contributed by atoms with Gasteiger partial charge in [-0.25, -0.2) is 8.78 Å². The Hall–Kier alpha value is -3.36. The van der Waals surface area contributed by atoms with E-state index in [2.05, 4.69) is 23.7 Å². The lowest BCUT2D eigenvalue weighted by Crippen LogP contribution is -1.87. The van der Waals surface area contributed by atoms with Crippen LogP contribution in [0.25, 0.3) is 0 Å². The van der Waals surface area contributed by atoms with E-state index in [4.69, 9.17) is 0 Å². The molecule has 0 aromatic heterocycles. The topological polar surface area (TPSA) is 0 Å². The number of aryl methyl sites for hydroxylation is 2. The van der Waals surface area contributed by atoms with E-state index in [1.807, 2.05) is 37.3 Å². The molecule has 0 bridgehead atoms. The third-order valence-electron chi connectivity index (χ3n) is 4.19. The van der Waals surface area contributed by atoms with Crippen molar-refractivity contribution in [2.75, 3.05) is 0 Å². The van der Waals surface area contributed by atoms with E-state index < -0.39 is 0 Å². The van der Waals surface area contributed by atoms with Gasteiger partial charge in [0.05, 0.1) is 5.56 Å². The molecule has 0 spiro atoms. The van der Waals surface area contributed by atoms with Crippen LogP contribution in [0.2, 0.25) is 0 Å². The third kappa shape index (κ3) is 4.84. The summed E-state index contributed by atoms with van der Waals surface area (Å²) in [6, 6.07) is 17.4. The molecule has 3 aromatic carbocycles. The molecule has 0 radical (unpaired) electrons. The van der Waals surface area contributed by atoms with E-state index in [-0.39, 0.29) is 11.6 Å². The lowest BCUT2D eigenvalue weighted by Gasteiger charge is -1.98. The second-order valence-electron chi connectivity index (χ2n) is 6.21. The van der Waals surface area contributed by atoms with Crippen molar-refractivity contribution >= 4 is 0 Å². The summed E-state index contributed by atoms with van der Waals surface area (Å²) >= 11 is 0. The number of hydrogen-bond donors (Lipinski definition) is 0. The van der Waals surface area contributed by atoms with Crippen LogP contribution in [-0.4, -0.2) is 0 Å². The van der Waals surface area contributed by atoms with Crippen molar-refractivity contribution in [1.82, 2.24) is 0 Å². The van der Waals surface area contributed by atoms with Crippen molar-refractivity contribution in [2.45, 2.75) is 20.3 Å². The van der Waals surface area contributed by atoms with E-state index in [9.17, 15) is 8.78 Å². The van der Waals surface area contributed by atoms with Crippen LogP contribution < -0.4 is 0 Å². The van der Waals surface area contributed by atoms with Crippen LogP contribution in [0.5, 0.6) is 0 Å². The fraction of sp³-hybridized carbons (Fsp3) is 0.120. The first kappa shape index (κ1) is 18.4. The Bertz CT molecular complexity index is 1090. The number of benzene rings is 3. The quantitative estimate of drug-likeness (QED) is 0.495. The summed E-state index contributed by atoms with van der Waals surface area (Å²) in [5.74, 6) is 11.2. The van der Waals surface area contributed by atoms with Gasteiger partial charge in [0.2, 0.25) is 0 Å². The highest BCUT2D eigenvalue weighted by Crippen LogP contribution is 2.11. The summed E-state index contributed by atoms with van der Waals surface area (Å²) in [5, 5.41) is 0. The Morgan fingerprint density at radius 2 is 1.26 bits per heavy atom. The van der Waals surface area contributed by atoms with Gasteiger partial charge < -0.3 is 0 Å². The van der Waals surface area contributed by atoms with Crippen molar-refractivity contribution < 1.29 is 8.78 Å². The molecule has 0 unspecified atom stereocenters. The second kappa shape index (κ2) is 8.35. The molecular formula is C25H18F2. The average Bonchev–Trinajstić information content (AvgIpc) is 2.68. The largest absolute Gasteiger partial charge is 0.207 e. The predicted molar refractivity (Wildman–Crippen MR) is 105 cm³/mol. The highest BCUT2D eigenvalue weighted by atomic mass is 19.1. The monoisotopic (exact) mass is 356 g/mol. The SMILES string of the molecule is CCc1ccc(C#Cc2ccc(C#Cc3ccc(C)c(F)c3)cc2)c(F)c1. The van der Waals surface area contributed by atoms with Gasteiger partial charge in [0, 0.05) is 16.7 Å². The highest BCUT2D eigenvalue weighted by Gasteiger charge is 2.00. The summed E-state index contributed by atoms with van der Waals surface area (Å²) < 4.78 is 27.5. The van der Waals surface area contributed by atoms with Crippen molar-refractivity contribution in [3.05, 3.63) is 106 Å². The lowest BCUT2D eigenvalue weighted by molar-refractivity contribution is 0.618. The van der Waals surface area contributed by atoms with Gasteiger partial charge in [-0.3, -0.25) is 0 Å². The molecule has 0 aliphatic carbocycles.